The van der Waals surface area contributed by atoms with Crippen molar-refractivity contribution in [3.63, 3.8) is 0 Å². The largest absolute Gasteiger partial charge is 0.380 e. The Labute approximate surface area is 101 Å². The molecule has 0 aliphatic rings. The summed E-state index contributed by atoms with van der Waals surface area (Å²) in [5.41, 5.74) is 8.17. The van der Waals surface area contributed by atoms with E-state index in [4.69, 9.17) is 10.5 Å². The van der Waals surface area contributed by atoms with Crippen LogP contribution in [0.15, 0.2) is 24.3 Å². The van der Waals surface area contributed by atoms with Gasteiger partial charge in [0, 0.05) is 26.1 Å². The molecule has 0 saturated heterocycles. The van der Waals surface area contributed by atoms with Gasteiger partial charge in [-0.3, -0.25) is 0 Å². The number of fused-ring (bicyclic) bond motifs is 1. The predicted molar refractivity (Wildman–Crippen MR) is 68.9 cm³/mol. The van der Waals surface area contributed by atoms with Crippen molar-refractivity contribution in [1.29, 1.82) is 0 Å². The molecule has 1 heterocycles. The van der Waals surface area contributed by atoms with E-state index in [0.29, 0.717) is 13.2 Å². The molecule has 4 nitrogen and oxygen atoms in total. The quantitative estimate of drug-likeness (QED) is 0.851. The topological polar surface area (TPSA) is 53.1 Å². The fraction of sp³-hybridized carbons (Fsp3) is 0.462. The predicted octanol–water partition coefficient (Wildman–Crippen LogP) is 1.48. The number of nitrogens with zero attached hydrogens (tertiary/aromatic N) is 2. The maximum Gasteiger partial charge on any atom is 0.111 e. The van der Waals surface area contributed by atoms with Crippen molar-refractivity contribution in [2.24, 2.45) is 12.8 Å². The van der Waals surface area contributed by atoms with Gasteiger partial charge in [-0.05, 0) is 19.1 Å². The molecule has 2 N–H and O–H groups in total. The van der Waals surface area contributed by atoms with Gasteiger partial charge >= 0.3 is 0 Å². The standard InChI is InChI=1S/C13H19N3O/c1-3-17-9-10(14)8-13-15-11-6-4-5-7-12(11)16(13)2/h4-7,10H,3,8-9,14H2,1-2H3. The molecule has 2 aromatic rings. The molecule has 0 aliphatic carbocycles. The van der Waals surface area contributed by atoms with E-state index < -0.39 is 0 Å². The SMILES string of the molecule is CCOCC(N)Cc1nc2ccccc2n1C. The lowest BCUT2D eigenvalue weighted by atomic mass is 10.2. The summed E-state index contributed by atoms with van der Waals surface area (Å²) in [5, 5.41) is 0. The Kier molecular flexibility index (Phi) is 3.76. The summed E-state index contributed by atoms with van der Waals surface area (Å²) in [6, 6.07) is 8.12. The van der Waals surface area contributed by atoms with Crippen LogP contribution in [-0.2, 0) is 18.2 Å². The molecule has 1 atom stereocenters. The van der Waals surface area contributed by atoms with Gasteiger partial charge in [-0.15, -0.1) is 0 Å². The van der Waals surface area contributed by atoms with Crippen LogP contribution in [0.25, 0.3) is 11.0 Å². The van der Waals surface area contributed by atoms with Crippen LogP contribution in [0.3, 0.4) is 0 Å². The van der Waals surface area contributed by atoms with Crippen molar-refractivity contribution < 1.29 is 4.74 Å². The van der Waals surface area contributed by atoms with Crippen molar-refractivity contribution in [2.45, 2.75) is 19.4 Å². The summed E-state index contributed by atoms with van der Waals surface area (Å²) in [5.74, 6) is 1.01. The molecule has 1 aromatic carbocycles. The molecule has 0 bridgehead atoms. The first-order valence-electron chi connectivity index (χ1n) is 5.96. The monoisotopic (exact) mass is 233 g/mol. The molecular weight excluding hydrogens is 214 g/mol. The lowest BCUT2D eigenvalue weighted by Crippen LogP contribution is -2.29. The zero-order chi connectivity index (χ0) is 12.3. The number of rotatable bonds is 5. The zero-order valence-electron chi connectivity index (χ0n) is 10.4. The van der Waals surface area contributed by atoms with E-state index in [2.05, 4.69) is 15.6 Å². The van der Waals surface area contributed by atoms with Crippen molar-refractivity contribution >= 4 is 11.0 Å². The minimum atomic E-state index is 0.00506. The number of hydrogen-bond donors (Lipinski definition) is 1. The summed E-state index contributed by atoms with van der Waals surface area (Å²) >= 11 is 0. The Morgan fingerprint density at radius 2 is 2.18 bits per heavy atom. The van der Waals surface area contributed by atoms with Gasteiger partial charge in [0.05, 0.1) is 17.6 Å². The first kappa shape index (κ1) is 12.1. The number of ether oxygens (including phenoxy) is 1. The van der Waals surface area contributed by atoms with Crippen LogP contribution >= 0.6 is 0 Å². The van der Waals surface area contributed by atoms with Gasteiger partial charge in [-0.2, -0.15) is 0 Å². The second-order valence-electron chi connectivity index (χ2n) is 4.20. The van der Waals surface area contributed by atoms with Gasteiger partial charge in [-0.1, -0.05) is 12.1 Å². The van der Waals surface area contributed by atoms with Gasteiger partial charge < -0.3 is 15.0 Å². The first-order chi connectivity index (χ1) is 8.22. The summed E-state index contributed by atoms with van der Waals surface area (Å²) in [4.78, 5) is 4.59. The molecule has 0 spiro atoms. The van der Waals surface area contributed by atoms with Gasteiger partial charge in [0.1, 0.15) is 5.82 Å². The van der Waals surface area contributed by atoms with Crippen LogP contribution in [0.4, 0.5) is 0 Å². The number of aryl methyl sites for hydroxylation is 1. The number of hydrogen-bond acceptors (Lipinski definition) is 3. The van der Waals surface area contributed by atoms with E-state index >= 15 is 0 Å². The number of aromatic nitrogens is 2. The third-order valence-electron chi connectivity index (χ3n) is 2.86. The summed E-state index contributed by atoms with van der Waals surface area (Å²) < 4.78 is 7.42. The lowest BCUT2D eigenvalue weighted by Gasteiger charge is -2.10. The second-order valence-corrected chi connectivity index (χ2v) is 4.20. The highest BCUT2D eigenvalue weighted by molar-refractivity contribution is 5.75. The average molecular weight is 233 g/mol. The molecule has 0 fully saturated rings. The second kappa shape index (κ2) is 5.29. The number of benzene rings is 1. The van der Waals surface area contributed by atoms with Crippen LogP contribution in [0.5, 0.6) is 0 Å². The number of para-hydroxylation sites is 2. The molecule has 2 rings (SSSR count). The molecule has 0 amide bonds. The minimum absolute atomic E-state index is 0.00506. The normalized spacial score (nSPS) is 13.1. The van der Waals surface area contributed by atoms with Crippen molar-refractivity contribution in [2.75, 3.05) is 13.2 Å². The van der Waals surface area contributed by atoms with Crippen molar-refractivity contribution in [3.8, 4) is 0 Å². The maximum absolute atomic E-state index is 6.00. The van der Waals surface area contributed by atoms with E-state index in [1.54, 1.807) is 0 Å². The van der Waals surface area contributed by atoms with E-state index in [0.717, 1.165) is 23.3 Å². The zero-order valence-corrected chi connectivity index (χ0v) is 10.4. The molecule has 0 aliphatic heterocycles. The molecule has 0 radical (unpaired) electrons. The van der Waals surface area contributed by atoms with E-state index in [9.17, 15) is 0 Å². The van der Waals surface area contributed by atoms with Crippen LogP contribution in [0.1, 0.15) is 12.7 Å². The summed E-state index contributed by atoms with van der Waals surface area (Å²) in [6.07, 6.45) is 0.741. The van der Waals surface area contributed by atoms with Crippen LogP contribution in [0.2, 0.25) is 0 Å². The maximum atomic E-state index is 6.00. The van der Waals surface area contributed by atoms with Gasteiger partial charge in [0.2, 0.25) is 0 Å². The van der Waals surface area contributed by atoms with E-state index in [1.807, 2.05) is 32.2 Å². The Morgan fingerprint density at radius 3 is 2.88 bits per heavy atom. The highest BCUT2D eigenvalue weighted by Crippen LogP contribution is 2.14. The Hall–Kier alpha value is -1.39. The molecule has 0 saturated carbocycles. The third-order valence-corrected chi connectivity index (χ3v) is 2.86. The van der Waals surface area contributed by atoms with Crippen molar-refractivity contribution in [1.82, 2.24) is 9.55 Å². The fourth-order valence-electron chi connectivity index (χ4n) is 1.94. The van der Waals surface area contributed by atoms with Crippen LogP contribution in [-0.4, -0.2) is 28.8 Å². The third kappa shape index (κ3) is 2.65. The Balaban J connectivity index is 2.16. The highest BCUT2D eigenvalue weighted by atomic mass is 16.5. The number of nitrogens with two attached hydrogens (primary N) is 1. The molecular formula is C13H19N3O. The van der Waals surface area contributed by atoms with Gasteiger partial charge in [-0.25, -0.2) is 4.98 Å². The smallest absolute Gasteiger partial charge is 0.111 e. The van der Waals surface area contributed by atoms with Gasteiger partial charge in [0.15, 0.2) is 0 Å². The molecule has 4 heteroatoms. The number of imidazole rings is 1. The van der Waals surface area contributed by atoms with Crippen LogP contribution in [0, 0.1) is 0 Å². The Morgan fingerprint density at radius 1 is 1.41 bits per heavy atom. The molecule has 1 unspecified atom stereocenters. The first-order valence-corrected chi connectivity index (χ1v) is 5.96. The van der Waals surface area contributed by atoms with Crippen LogP contribution < -0.4 is 5.73 Å². The van der Waals surface area contributed by atoms with E-state index in [1.165, 1.54) is 0 Å². The molecule has 1 aromatic heterocycles. The fourth-order valence-corrected chi connectivity index (χ4v) is 1.94. The highest BCUT2D eigenvalue weighted by Gasteiger charge is 2.11. The molecule has 17 heavy (non-hydrogen) atoms. The molecule has 92 valence electrons. The summed E-state index contributed by atoms with van der Waals surface area (Å²) in [6.45, 7) is 3.26. The Bertz CT molecular complexity index is 492. The van der Waals surface area contributed by atoms with Gasteiger partial charge in [0.25, 0.3) is 0 Å². The summed E-state index contributed by atoms with van der Waals surface area (Å²) in [7, 11) is 2.03. The van der Waals surface area contributed by atoms with E-state index in [-0.39, 0.29) is 6.04 Å². The van der Waals surface area contributed by atoms with Crippen molar-refractivity contribution in [3.05, 3.63) is 30.1 Å². The minimum Gasteiger partial charge on any atom is -0.380 e. The lowest BCUT2D eigenvalue weighted by molar-refractivity contribution is 0.132. The average Bonchev–Trinajstić information content (AvgIpc) is 2.64.